The summed E-state index contributed by atoms with van der Waals surface area (Å²) in [6, 6.07) is 20.0. The molecule has 3 amide bonds. The molecule has 0 bridgehead atoms. The molecule has 0 saturated heterocycles. The van der Waals surface area contributed by atoms with Crippen molar-refractivity contribution in [2.75, 3.05) is 21.3 Å². The van der Waals surface area contributed by atoms with Gasteiger partial charge in [0.25, 0.3) is 0 Å². The first kappa shape index (κ1) is 24.8. The van der Waals surface area contributed by atoms with Crippen LogP contribution in [0, 0.1) is 0 Å². The number of carbonyl (C=O) groups is 2. The first-order valence-corrected chi connectivity index (χ1v) is 13.8. The van der Waals surface area contributed by atoms with Crippen LogP contribution in [-0.4, -0.2) is 29.0 Å². The van der Waals surface area contributed by atoms with Crippen molar-refractivity contribution in [1.29, 1.82) is 0 Å². The average molecular weight is 555 g/mol. The van der Waals surface area contributed by atoms with Crippen LogP contribution in [0.5, 0.6) is 0 Å². The summed E-state index contributed by atoms with van der Waals surface area (Å²) in [5.74, 6) is -0.0260. The Morgan fingerprint density at radius 2 is 1.78 bits per heavy atom. The van der Waals surface area contributed by atoms with Crippen LogP contribution < -0.4 is 15.5 Å². The van der Waals surface area contributed by atoms with Crippen LogP contribution in [-0.2, 0) is 4.79 Å². The Morgan fingerprint density at radius 1 is 0.944 bits per heavy atom. The van der Waals surface area contributed by atoms with E-state index in [0.717, 1.165) is 15.5 Å². The molecular formula is C27H21Cl2N3O2S2. The highest BCUT2D eigenvalue weighted by atomic mass is 35.5. The van der Waals surface area contributed by atoms with E-state index in [0.29, 0.717) is 21.4 Å². The van der Waals surface area contributed by atoms with Gasteiger partial charge in [0.05, 0.1) is 33.4 Å². The zero-order valence-corrected chi connectivity index (χ0v) is 22.0. The summed E-state index contributed by atoms with van der Waals surface area (Å²) in [7, 11) is 0. The van der Waals surface area contributed by atoms with Gasteiger partial charge in [0.2, 0.25) is 5.91 Å². The van der Waals surface area contributed by atoms with Gasteiger partial charge in [0.15, 0.2) is 0 Å². The molecule has 9 heteroatoms. The Labute approximate surface area is 227 Å². The van der Waals surface area contributed by atoms with Crippen molar-refractivity contribution in [3.8, 4) is 0 Å². The minimum absolute atomic E-state index is 0.0746. The van der Waals surface area contributed by atoms with Gasteiger partial charge in [-0.2, -0.15) is 0 Å². The lowest BCUT2D eigenvalue weighted by Gasteiger charge is -2.40. The van der Waals surface area contributed by atoms with Crippen LogP contribution >= 0.6 is 46.7 Å². The van der Waals surface area contributed by atoms with E-state index in [1.807, 2.05) is 65.6 Å². The molecule has 2 atom stereocenters. The first-order chi connectivity index (χ1) is 17.5. The summed E-state index contributed by atoms with van der Waals surface area (Å²) in [5, 5.41) is 6.89. The van der Waals surface area contributed by atoms with Crippen LogP contribution in [0.25, 0.3) is 0 Å². The fraction of sp³-hybridized carbons (Fsp3) is 0.111. The van der Waals surface area contributed by atoms with Gasteiger partial charge in [0, 0.05) is 20.5 Å². The van der Waals surface area contributed by atoms with Gasteiger partial charge in [0.1, 0.15) is 0 Å². The molecule has 3 aromatic carbocycles. The Balaban J connectivity index is 1.26. The largest absolute Gasteiger partial charge is 0.326 e. The molecule has 1 heterocycles. The normalized spacial score (nSPS) is 17.8. The van der Waals surface area contributed by atoms with Crippen LogP contribution in [0.1, 0.15) is 0 Å². The highest BCUT2D eigenvalue weighted by molar-refractivity contribution is 8.00. The molecule has 2 N–H and O–H groups in total. The number of fused-ring (bicyclic) bond motifs is 2. The summed E-state index contributed by atoms with van der Waals surface area (Å²) in [6.45, 7) is 0. The summed E-state index contributed by atoms with van der Waals surface area (Å²) < 4.78 is 0. The van der Waals surface area contributed by atoms with Crippen molar-refractivity contribution in [2.45, 2.75) is 21.1 Å². The van der Waals surface area contributed by atoms with Gasteiger partial charge in [-0.1, -0.05) is 65.7 Å². The maximum Gasteiger partial charge on any atom is 0.326 e. The molecule has 3 aromatic rings. The molecule has 2 aliphatic rings. The van der Waals surface area contributed by atoms with Crippen molar-refractivity contribution in [3.05, 3.63) is 101 Å². The van der Waals surface area contributed by atoms with E-state index in [-0.39, 0.29) is 29.0 Å². The van der Waals surface area contributed by atoms with Crippen molar-refractivity contribution in [3.63, 3.8) is 0 Å². The number of nitrogens with zero attached hydrogens (tertiary/aromatic N) is 1. The number of allylic oxidation sites excluding steroid dienone is 2. The molecule has 0 aromatic heterocycles. The highest BCUT2D eigenvalue weighted by Crippen LogP contribution is 2.43. The standard InChI is InChI=1S/C27H21Cl2N3O2S2/c28-17-12-13-20(29)21(14-17)31-26(33)16-35-19-7-5-6-18(15-19)30-27(34)32-22-8-1-3-10-24(22)36-25-11-4-2-9-23(25)32/h1-15,22,24H,16H2,(H,30,34)(H,31,33). The predicted molar refractivity (Wildman–Crippen MR) is 152 cm³/mol. The summed E-state index contributed by atoms with van der Waals surface area (Å²) >= 11 is 15.3. The molecule has 182 valence electrons. The number of anilines is 3. The van der Waals surface area contributed by atoms with E-state index in [2.05, 4.69) is 22.8 Å². The third-order valence-corrected chi connectivity index (χ3v) is 8.49. The Kier molecular flexibility index (Phi) is 7.62. The van der Waals surface area contributed by atoms with E-state index in [9.17, 15) is 9.59 Å². The predicted octanol–water partition coefficient (Wildman–Crippen LogP) is 7.73. The minimum Gasteiger partial charge on any atom is -0.324 e. The lowest BCUT2D eigenvalue weighted by atomic mass is 10.1. The van der Waals surface area contributed by atoms with Gasteiger partial charge < -0.3 is 10.6 Å². The Morgan fingerprint density at radius 3 is 2.67 bits per heavy atom. The molecule has 36 heavy (non-hydrogen) atoms. The second-order valence-electron chi connectivity index (χ2n) is 8.10. The first-order valence-electron chi connectivity index (χ1n) is 11.2. The molecular weight excluding hydrogens is 533 g/mol. The summed E-state index contributed by atoms with van der Waals surface area (Å²) in [5.41, 5.74) is 2.02. The monoisotopic (exact) mass is 553 g/mol. The maximum atomic E-state index is 13.5. The van der Waals surface area contributed by atoms with Crippen molar-refractivity contribution in [2.24, 2.45) is 0 Å². The average Bonchev–Trinajstić information content (AvgIpc) is 2.88. The number of rotatable bonds is 5. The van der Waals surface area contributed by atoms with Crippen LogP contribution in [0.15, 0.2) is 101 Å². The topological polar surface area (TPSA) is 61.4 Å². The molecule has 0 saturated carbocycles. The lowest BCUT2D eigenvalue weighted by molar-refractivity contribution is -0.113. The highest BCUT2D eigenvalue weighted by Gasteiger charge is 2.36. The smallest absolute Gasteiger partial charge is 0.324 e. The van der Waals surface area contributed by atoms with Crippen LogP contribution in [0.2, 0.25) is 10.0 Å². The lowest BCUT2D eigenvalue weighted by Crippen LogP contribution is -2.49. The third-order valence-electron chi connectivity index (χ3n) is 5.62. The Hall–Kier alpha value is -2.84. The molecule has 0 spiro atoms. The van der Waals surface area contributed by atoms with Crippen LogP contribution in [0.3, 0.4) is 0 Å². The number of para-hydroxylation sites is 1. The molecule has 5 nitrogen and oxygen atoms in total. The molecule has 0 fully saturated rings. The number of carbonyl (C=O) groups excluding carboxylic acids is 2. The second kappa shape index (κ2) is 11.0. The quantitative estimate of drug-likeness (QED) is 0.317. The van der Waals surface area contributed by atoms with E-state index in [1.165, 1.54) is 11.8 Å². The van der Waals surface area contributed by atoms with Gasteiger partial charge in [-0.15, -0.1) is 23.5 Å². The minimum atomic E-state index is -0.204. The summed E-state index contributed by atoms with van der Waals surface area (Å²) in [6.07, 6.45) is 8.19. The van der Waals surface area contributed by atoms with Gasteiger partial charge in [-0.05, 0) is 48.5 Å². The fourth-order valence-electron chi connectivity index (χ4n) is 4.00. The third kappa shape index (κ3) is 5.60. The number of benzene rings is 3. The van der Waals surface area contributed by atoms with E-state index < -0.39 is 0 Å². The number of hydrogen-bond acceptors (Lipinski definition) is 4. The molecule has 1 aliphatic carbocycles. The summed E-state index contributed by atoms with van der Waals surface area (Å²) in [4.78, 5) is 29.7. The van der Waals surface area contributed by atoms with Gasteiger partial charge in [-0.25, -0.2) is 4.79 Å². The van der Waals surface area contributed by atoms with E-state index >= 15 is 0 Å². The Bertz CT molecular complexity index is 1380. The second-order valence-corrected chi connectivity index (χ2v) is 11.2. The number of amides is 3. The number of hydrogen-bond donors (Lipinski definition) is 2. The molecule has 2 unspecified atom stereocenters. The zero-order chi connectivity index (χ0) is 25.1. The van der Waals surface area contributed by atoms with Crippen LogP contribution in [0.4, 0.5) is 21.9 Å². The number of nitrogens with one attached hydrogen (secondary N) is 2. The van der Waals surface area contributed by atoms with E-state index in [1.54, 1.807) is 30.0 Å². The van der Waals surface area contributed by atoms with Gasteiger partial charge in [-0.3, -0.25) is 9.69 Å². The van der Waals surface area contributed by atoms with Crippen molar-refractivity contribution in [1.82, 2.24) is 0 Å². The molecule has 1 aliphatic heterocycles. The molecule has 5 rings (SSSR count). The number of halogens is 2. The SMILES string of the molecule is O=C(CSc1cccc(NC(=O)N2c3ccccc3SC3C=CC=CC32)c1)Nc1cc(Cl)ccc1Cl. The maximum absolute atomic E-state index is 13.5. The molecule has 0 radical (unpaired) electrons. The number of urea groups is 1. The number of thioether (sulfide) groups is 2. The van der Waals surface area contributed by atoms with E-state index in [4.69, 9.17) is 23.2 Å². The van der Waals surface area contributed by atoms with Crippen molar-refractivity contribution < 1.29 is 9.59 Å². The van der Waals surface area contributed by atoms with Crippen molar-refractivity contribution >= 4 is 75.7 Å². The zero-order valence-electron chi connectivity index (χ0n) is 18.9. The van der Waals surface area contributed by atoms with Gasteiger partial charge >= 0.3 is 6.03 Å². The fourth-order valence-corrected chi connectivity index (χ4v) is 6.35.